The van der Waals surface area contributed by atoms with Crippen LogP contribution < -0.4 is 4.74 Å². The lowest BCUT2D eigenvalue weighted by molar-refractivity contribution is -0.276. The molecule has 10 heteroatoms. The van der Waals surface area contributed by atoms with Crippen LogP contribution in [0.3, 0.4) is 0 Å². The first-order valence-corrected chi connectivity index (χ1v) is 5.14. The summed E-state index contributed by atoms with van der Waals surface area (Å²) < 4.78 is 77.5. The number of hydrogen-bond donors (Lipinski definition) is 1. The smallest absolute Gasteiger partial charge is 0.405 e. The van der Waals surface area contributed by atoms with Crippen LogP contribution in [0.1, 0.15) is 16.8 Å². The van der Waals surface area contributed by atoms with Crippen molar-refractivity contribution in [2.24, 2.45) is 0 Å². The second kappa shape index (κ2) is 5.41. The summed E-state index contributed by atoms with van der Waals surface area (Å²) in [5.41, 5.74) is -2.80. The Kier molecular flexibility index (Phi) is 4.51. The van der Waals surface area contributed by atoms with Crippen molar-refractivity contribution < 1.29 is 36.2 Å². The molecule has 0 saturated heterocycles. The minimum atomic E-state index is -5.34. The lowest BCUT2D eigenvalue weighted by atomic mass is 10.1. The predicted octanol–water partition coefficient (Wildman–Crippen LogP) is 3.23. The third kappa shape index (κ3) is 3.87. The van der Waals surface area contributed by atoms with Crippen LogP contribution in [0.15, 0.2) is 6.20 Å². The average Bonchev–Trinajstić information content (AvgIpc) is 2.24. The van der Waals surface area contributed by atoms with E-state index in [2.05, 4.69) is 9.72 Å². The second-order valence-electron chi connectivity index (χ2n) is 3.26. The van der Waals surface area contributed by atoms with Crippen molar-refractivity contribution >= 4 is 11.6 Å². The minimum Gasteiger partial charge on any atom is -0.405 e. The van der Waals surface area contributed by atoms with Gasteiger partial charge in [-0.25, -0.2) is 0 Å². The van der Waals surface area contributed by atoms with Gasteiger partial charge in [-0.1, -0.05) is 0 Å². The van der Waals surface area contributed by atoms with Crippen molar-refractivity contribution in [2.45, 2.75) is 25.0 Å². The molecule has 1 rings (SSSR count). The lowest BCUT2D eigenvalue weighted by Gasteiger charge is -2.19. The molecule has 0 aromatic carbocycles. The van der Waals surface area contributed by atoms with E-state index in [1.165, 1.54) is 0 Å². The van der Waals surface area contributed by atoms with Gasteiger partial charge in [0.05, 0.1) is 18.2 Å². The number of aliphatic hydroxyl groups is 1. The molecule has 1 aromatic heterocycles. The molecule has 0 amide bonds. The first-order chi connectivity index (χ1) is 8.60. The van der Waals surface area contributed by atoms with Crippen LogP contribution in [0.25, 0.3) is 0 Å². The number of halogens is 7. The summed E-state index contributed by atoms with van der Waals surface area (Å²) in [4.78, 5) is 3.27. The first kappa shape index (κ1) is 15.8. The fourth-order valence-corrected chi connectivity index (χ4v) is 1.52. The van der Waals surface area contributed by atoms with E-state index in [-0.39, 0.29) is 11.9 Å². The number of pyridine rings is 1. The van der Waals surface area contributed by atoms with Crippen molar-refractivity contribution in [3.63, 3.8) is 0 Å². The standard InChI is InChI=1S/C9H6ClF6NO2/c10-1-6-4(3-18)7(19-9(14,15)16)5(2-17-6)8(11,12)13/h2,18H,1,3H2. The van der Waals surface area contributed by atoms with Gasteiger partial charge in [-0.2, -0.15) is 13.2 Å². The number of alkyl halides is 7. The summed E-state index contributed by atoms with van der Waals surface area (Å²) >= 11 is 5.33. The number of hydrogen-bond acceptors (Lipinski definition) is 3. The van der Waals surface area contributed by atoms with E-state index in [0.717, 1.165) is 0 Å². The molecule has 0 aliphatic carbocycles. The fourth-order valence-electron chi connectivity index (χ4n) is 1.29. The summed E-state index contributed by atoms with van der Waals surface area (Å²) in [6.07, 6.45) is -10.3. The molecule has 1 N–H and O–H groups in total. The molecule has 0 atom stereocenters. The van der Waals surface area contributed by atoms with E-state index in [1.807, 2.05) is 0 Å². The highest BCUT2D eigenvalue weighted by atomic mass is 35.5. The van der Waals surface area contributed by atoms with Crippen LogP contribution >= 0.6 is 11.6 Å². The highest BCUT2D eigenvalue weighted by Crippen LogP contribution is 2.41. The molecule has 0 bridgehead atoms. The average molecular weight is 310 g/mol. The maximum Gasteiger partial charge on any atom is 0.573 e. The number of nitrogens with zero attached hydrogens (tertiary/aromatic N) is 1. The van der Waals surface area contributed by atoms with E-state index >= 15 is 0 Å². The van der Waals surface area contributed by atoms with E-state index in [9.17, 15) is 26.3 Å². The van der Waals surface area contributed by atoms with Gasteiger partial charge in [0.15, 0.2) is 5.75 Å². The summed E-state index contributed by atoms with van der Waals surface area (Å²) in [7, 11) is 0. The molecule has 0 aliphatic rings. The van der Waals surface area contributed by atoms with Crippen LogP contribution in [-0.4, -0.2) is 16.5 Å². The molecular weight excluding hydrogens is 304 g/mol. The highest BCUT2D eigenvalue weighted by molar-refractivity contribution is 6.17. The Labute approximate surface area is 107 Å². The monoisotopic (exact) mass is 309 g/mol. The van der Waals surface area contributed by atoms with Gasteiger partial charge in [0.25, 0.3) is 0 Å². The van der Waals surface area contributed by atoms with Crippen LogP contribution in [0.2, 0.25) is 0 Å². The molecule has 19 heavy (non-hydrogen) atoms. The largest absolute Gasteiger partial charge is 0.573 e. The van der Waals surface area contributed by atoms with E-state index in [1.54, 1.807) is 0 Å². The van der Waals surface area contributed by atoms with Gasteiger partial charge < -0.3 is 9.84 Å². The molecule has 1 aromatic rings. The zero-order valence-electron chi connectivity index (χ0n) is 8.94. The van der Waals surface area contributed by atoms with Crippen molar-refractivity contribution in [1.82, 2.24) is 4.98 Å². The third-order valence-electron chi connectivity index (χ3n) is 2.02. The quantitative estimate of drug-likeness (QED) is 0.688. The molecule has 0 fully saturated rings. The summed E-state index contributed by atoms with van der Waals surface area (Å²) in [5, 5.41) is 8.90. The summed E-state index contributed by atoms with van der Waals surface area (Å²) in [6.45, 7) is -1.12. The lowest BCUT2D eigenvalue weighted by Crippen LogP contribution is -2.22. The van der Waals surface area contributed by atoms with E-state index in [0.29, 0.717) is 0 Å². The van der Waals surface area contributed by atoms with Gasteiger partial charge in [0.1, 0.15) is 5.56 Å². The molecule has 3 nitrogen and oxygen atoms in total. The highest BCUT2D eigenvalue weighted by Gasteiger charge is 2.41. The first-order valence-electron chi connectivity index (χ1n) is 4.60. The van der Waals surface area contributed by atoms with Gasteiger partial charge >= 0.3 is 12.5 Å². The normalized spacial score (nSPS) is 12.6. The number of aliphatic hydroxyl groups excluding tert-OH is 1. The molecule has 0 spiro atoms. The number of ether oxygens (including phenoxy) is 1. The Morgan fingerprint density at radius 2 is 1.79 bits per heavy atom. The molecule has 0 unspecified atom stereocenters. The minimum absolute atomic E-state index is 0.179. The molecular formula is C9H6ClF6NO2. The van der Waals surface area contributed by atoms with Gasteiger partial charge in [0, 0.05) is 11.8 Å². The molecule has 0 aliphatic heterocycles. The van der Waals surface area contributed by atoms with Gasteiger partial charge in [-0.15, -0.1) is 24.8 Å². The van der Waals surface area contributed by atoms with Crippen LogP contribution in [0.5, 0.6) is 5.75 Å². The summed E-state index contributed by atoms with van der Waals surface area (Å²) in [5.74, 6) is -2.00. The predicted molar refractivity (Wildman–Crippen MR) is 51.4 cm³/mol. The fraction of sp³-hybridized carbons (Fsp3) is 0.444. The number of aromatic nitrogens is 1. The Morgan fingerprint density at radius 3 is 2.16 bits per heavy atom. The third-order valence-corrected chi connectivity index (χ3v) is 2.28. The van der Waals surface area contributed by atoms with Crippen LogP contribution in [-0.2, 0) is 18.7 Å². The van der Waals surface area contributed by atoms with Crippen molar-refractivity contribution in [2.75, 3.05) is 0 Å². The Morgan fingerprint density at radius 1 is 1.21 bits per heavy atom. The van der Waals surface area contributed by atoms with Crippen LogP contribution in [0, 0.1) is 0 Å². The topological polar surface area (TPSA) is 42.4 Å². The van der Waals surface area contributed by atoms with Crippen molar-refractivity contribution in [1.29, 1.82) is 0 Å². The Balaban J connectivity index is 3.49. The maximum absolute atomic E-state index is 12.6. The Hall–Kier alpha value is -1.22. The molecule has 0 saturated carbocycles. The van der Waals surface area contributed by atoms with Gasteiger partial charge in [0.2, 0.25) is 0 Å². The molecule has 1 heterocycles. The SMILES string of the molecule is OCc1c(CCl)ncc(C(F)(F)F)c1OC(F)(F)F. The number of rotatable bonds is 3. The summed E-state index contributed by atoms with van der Waals surface area (Å²) in [6, 6.07) is 0. The zero-order chi connectivity index (χ0) is 14.8. The van der Waals surface area contributed by atoms with E-state index in [4.69, 9.17) is 16.7 Å². The van der Waals surface area contributed by atoms with Crippen LogP contribution in [0.4, 0.5) is 26.3 Å². The van der Waals surface area contributed by atoms with Crippen molar-refractivity contribution in [3.8, 4) is 5.75 Å². The molecule has 0 radical (unpaired) electrons. The Bertz CT molecular complexity index is 459. The van der Waals surface area contributed by atoms with Crippen molar-refractivity contribution in [3.05, 3.63) is 23.0 Å². The molecule has 108 valence electrons. The van der Waals surface area contributed by atoms with Gasteiger partial charge in [-0.05, 0) is 0 Å². The van der Waals surface area contributed by atoms with E-state index < -0.39 is 41.9 Å². The zero-order valence-corrected chi connectivity index (χ0v) is 9.70. The second-order valence-corrected chi connectivity index (χ2v) is 3.53. The van der Waals surface area contributed by atoms with Gasteiger partial charge in [-0.3, -0.25) is 4.98 Å². The maximum atomic E-state index is 12.6.